The molecule has 0 aliphatic carbocycles. The normalized spacial score (nSPS) is 10.7. The van der Waals surface area contributed by atoms with Crippen molar-refractivity contribution in [2.75, 3.05) is 0 Å². The van der Waals surface area contributed by atoms with Gasteiger partial charge in [0.2, 0.25) is 0 Å². The summed E-state index contributed by atoms with van der Waals surface area (Å²) in [5.41, 5.74) is 1.24. The number of phenolic OH excluding ortho intramolecular Hbond substituents is 1. The first-order chi connectivity index (χ1) is 10.3. The molecule has 1 N–H and O–H groups in total. The molecule has 118 valence electrons. The maximum absolute atomic E-state index is 10.5. The monoisotopic (exact) mass is 291 g/mol. The van der Waals surface area contributed by atoms with Crippen LogP contribution in [0.25, 0.3) is 0 Å². The Kier molecular flexibility index (Phi) is 9.51. The molecule has 0 fully saturated rings. The number of aryl methyl sites for hydroxylation is 1. The number of nitrogens with zero attached hydrogens (tertiary/aromatic N) is 1. The van der Waals surface area contributed by atoms with Gasteiger partial charge in [0, 0.05) is 0 Å². The Bertz CT molecular complexity index is 404. The van der Waals surface area contributed by atoms with Gasteiger partial charge in [-0.2, -0.15) is 0 Å². The Morgan fingerprint density at radius 2 is 1.48 bits per heavy atom. The van der Waals surface area contributed by atoms with Crippen LogP contribution in [-0.4, -0.2) is 5.11 Å². The summed E-state index contributed by atoms with van der Waals surface area (Å²) < 4.78 is 0. The lowest BCUT2D eigenvalue weighted by Crippen LogP contribution is -1.87. The Labute approximate surface area is 128 Å². The molecule has 3 nitrogen and oxygen atoms in total. The Morgan fingerprint density at radius 1 is 0.905 bits per heavy atom. The van der Waals surface area contributed by atoms with Crippen LogP contribution in [0.4, 0.5) is 5.69 Å². The van der Waals surface area contributed by atoms with Crippen molar-refractivity contribution in [3.63, 3.8) is 0 Å². The van der Waals surface area contributed by atoms with Crippen molar-refractivity contribution in [2.45, 2.75) is 77.6 Å². The van der Waals surface area contributed by atoms with E-state index in [9.17, 15) is 10.0 Å². The van der Waals surface area contributed by atoms with E-state index in [4.69, 9.17) is 0 Å². The van der Waals surface area contributed by atoms with Crippen LogP contribution in [0.1, 0.15) is 76.7 Å². The molecule has 1 aromatic rings. The molecule has 3 heteroatoms. The number of rotatable bonds is 12. The van der Waals surface area contributed by atoms with Gasteiger partial charge in [-0.3, -0.25) is 0 Å². The van der Waals surface area contributed by atoms with E-state index in [2.05, 4.69) is 12.1 Å². The van der Waals surface area contributed by atoms with Crippen LogP contribution in [0.2, 0.25) is 0 Å². The average molecular weight is 291 g/mol. The zero-order chi connectivity index (χ0) is 15.3. The number of aromatic hydroxyl groups is 1. The summed E-state index contributed by atoms with van der Waals surface area (Å²) in [6.45, 7) is 2.25. The summed E-state index contributed by atoms with van der Waals surface area (Å²) in [6, 6.07) is 5.12. The molecule has 0 atom stereocenters. The van der Waals surface area contributed by atoms with Gasteiger partial charge in [-0.25, -0.2) is 0 Å². The highest BCUT2D eigenvalue weighted by Crippen LogP contribution is 2.27. The highest BCUT2D eigenvalue weighted by atomic mass is 16.3. The lowest BCUT2D eigenvalue weighted by molar-refractivity contribution is 0.476. The molecule has 0 saturated heterocycles. The van der Waals surface area contributed by atoms with Gasteiger partial charge < -0.3 is 5.11 Å². The quantitative estimate of drug-likeness (QED) is 0.365. The second kappa shape index (κ2) is 11.3. The number of benzene rings is 1. The summed E-state index contributed by atoms with van der Waals surface area (Å²) >= 11 is 0. The largest absolute Gasteiger partial charge is 0.506 e. The minimum absolute atomic E-state index is 0.0307. The van der Waals surface area contributed by atoms with Crippen LogP contribution in [0, 0.1) is 4.91 Å². The molecule has 21 heavy (non-hydrogen) atoms. The van der Waals surface area contributed by atoms with Crippen LogP contribution in [0.15, 0.2) is 23.4 Å². The fourth-order valence-electron chi connectivity index (χ4n) is 2.61. The molecule has 0 unspecified atom stereocenters. The summed E-state index contributed by atoms with van der Waals surface area (Å²) in [6.07, 6.45) is 14.2. The van der Waals surface area contributed by atoms with Crippen LogP contribution in [0.5, 0.6) is 5.75 Å². The molecule has 1 rings (SSSR count). The molecule has 0 amide bonds. The highest BCUT2D eigenvalue weighted by molar-refractivity contribution is 5.52. The van der Waals surface area contributed by atoms with E-state index in [-0.39, 0.29) is 11.4 Å². The lowest BCUT2D eigenvalue weighted by Gasteiger charge is -2.04. The number of nitroso groups, excluding NO2 is 1. The first kappa shape index (κ1) is 17.7. The van der Waals surface area contributed by atoms with Gasteiger partial charge in [0.1, 0.15) is 11.4 Å². The summed E-state index contributed by atoms with van der Waals surface area (Å²) in [7, 11) is 0. The zero-order valence-electron chi connectivity index (χ0n) is 13.3. The van der Waals surface area contributed by atoms with Crippen molar-refractivity contribution in [2.24, 2.45) is 5.18 Å². The van der Waals surface area contributed by atoms with Gasteiger partial charge in [-0.15, -0.1) is 4.91 Å². The van der Waals surface area contributed by atoms with E-state index >= 15 is 0 Å². The third-order valence-electron chi connectivity index (χ3n) is 3.96. The number of phenols is 1. The van der Waals surface area contributed by atoms with Crippen molar-refractivity contribution in [3.8, 4) is 5.75 Å². The molecule has 0 aliphatic rings. The van der Waals surface area contributed by atoms with Crippen LogP contribution in [-0.2, 0) is 6.42 Å². The standard InChI is InChI=1S/C18H29NO2/c1-2-3-4-5-6-7-8-9-10-11-12-16-13-14-18(20)17(15-16)19-21/h13-15,20H,2-12H2,1H3. The minimum atomic E-state index is -0.0307. The second-order valence-electron chi connectivity index (χ2n) is 5.85. The maximum Gasteiger partial charge on any atom is 0.149 e. The van der Waals surface area contributed by atoms with Gasteiger partial charge in [0.25, 0.3) is 0 Å². The van der Waals surface area contributed by atoms with Crippen molar-refractivity contribution < 1.29 is 5.11 Å². The topological polar surface area (TPSA) is 49.7 Å². The SMILES string of the molecule is CCCCCCCCCCCCc1ccc(O)c(N=O)c1. The van der Waals surface area contributed by atoms with E-state index < -0.39 is 0 Å². The molecule has 0 bridgehead atoms. The van der Waals surface area contributed by atoms with Gasteiger partial charge in [0.05, 0.1) is 0 Å². The summed E-state index contributed by atoms with van der Waals surface area (Å²) in [5, 5.41) is 12.2. The smallest absolute Gasteiger partial charge is 0.149 e. The predicted molar refractivity (Wildman–Crippen MR) is 89.1 cm³/mol. The van der Waals surface area contributed by atoms with Crippen LogP contribution >= 0.6 is 0 Å². The van der Waals surface area contributed by atoms with Crippen LogP contribution in [0.3, 0.4) is 0 Å². The summed E-state index contributed by atoms with van der Waals surface area (Å²) in [5.74, 6) is -0.0307. The van der Waals surface area contributed by atoms with Gasteiger partial charge in [0.15, 0.2) is 0 Å². The molecular formula is C18H29NO2. The summed E-state index contributed by atoms with van der Waals surface area (Å²) in [4.78, 5) is 10.5. The van der Waals surface area contributed by atoms with Crippen molar-refractivity contribution in [1.29, 1.82) is 0 Å². The van der Waals surface area contributed by atoms with E-state index in [1.807, 2.05) is 6.07 Å². The Morgan fingerprint density at radius 3 is 2.05 bits per heavy atom. The van der Waals surface area contributed by atoms with Crippen molar-refractivity contribution >= 4 is 5.69 Å². The van der Waals surface area contributed by atoms with Gasteiger partial charge >= 0.3 is 0 Å². The number of hydrogen-bond donors (Lipinski definition) is 1. The Balaban J connectivity index is 2.03. The third kappa shape index (κ3) is 7.84. The molecule has 0 aromatic heterocycles. The van der Waals surface area contributed by atoms with E-state index in [0.717, 1.165) is 18.4 Å². The number of hydrogen-bond acceptors (Lipinski definition) is 3. The van der Waals surface area contributed by atoms with E-state index in [1.165, 1.54) is 57.8 Å². The first-order valence-electron chi connectivity index (χ1n) is 8.43. The first-order valence-corrected chi connectivity index (χ1v) is 8.43. The van der Waals surface area contributed by atoms with Crippen molar-refractivity contribution in [3.05, 3.63) is 28.7 Å². The van der Waals surface area contributed by atoms with E-state index in [0.29, 0.717) is 0 Å². The molecule has 1 aromatic carbocycles. The Hall–Kier alpha value is -1.38. The second-order valence-corrected chi connectivity index (χ2v) is 5.85. The molecule has 0 heterocycles. The maximum atomic E-state index is 10.5. The number of unbranched alkanes of at least 4 members (excludes halogenated alkanes) is 9. The molecule has 0 radical (unpaired) electrons. The van der Waals surface area contributed by atoms with Gasteiger partial charge in [-0.05, 0) is 35.7 Å². The van der Waals surface area contributed by atoms with Gasteiger partial charge in [-0.1, -0.05) is 70.8 Å². The molecule has 0 aliphatic heterocycles. The third-order valence-corrected chi connectivity index (χ3v) is 3.96. The predicted octanol–water partition coefficient (Wildman–Crippen LogP) is 6.25. The zero-order valence-corrected chi connectivity index (χ0v) is 13.3. The molecule has 0 spiro atoms. The fraction of sp³-hybridized carbons (Fsp3) is 0.667. The van der Waals surface area contributed by atoms with Crippen molar-refractivity contribution in [1.82, 2.24) is 0 Å². The lowest BCUT2D eigenvalue weighted by atomic mass is 10.0. The average Bonchev–Trinajstić information content (AvgIpc) is 2.50. The minimum Gasteiger partial charge on any atom is -0.506 e. The van der Waals surface area contributed by atoms with E-state index in [1.54, 1.807) is 12.1 Å². The molecular weight excluding hydrogens is 262 g/mol. The highest BCUT2D eigenvalue weighted by Gasteiger charge is 2.02. The van der Waals surface area contributed by atoms with Crippen LogP contribution < -0.4 is 0 Å². The molecule has 0 saturated carbocycles. The fourth-order valence-corrected chi connectivity index (χ4v) is 2.61.